The van der Waals surface area contributed by atoms with Gasteiger partial charge in [-0.15, -0.1) is 11.3 Å². The van der Waals surface area contributed by atoms with Gasteiger partial charge in [0.1, 0.15) is 11.9 Å². The molecule has 20 heavy (non-hydrogen) atoms. The molecule has 0 aliphatic carbocycles. The zero-order valence-electron chi connectivity index (χ0n) is 11.8. The standard InChI is InChI=1S/C16H17FN2S/c1-16(2,3)15-9-8-14(20-15)13(10-18)19-12-6-4-11(17)5-7-12/h4-9,13,19H,1-3H3. The molecule has 0 bridgehead atoms. The lowest BCUT2D eigenvalue weighted by atomic mass is 9.95. The van der Waals surface area contributed by atoms with Crippen LogP contribution in [-0.4, -0.2) is 0 Å². The Hall–Kier alpha value is -1.86. The van der Waals surface area contributed by atoms with E-state index in [9.17, 15) is 9.65 Å². The molecule has 1 heterocycles. The minimum atomic E-state index is -0.415. The number of nitriles is 1. The summed E-state index contributed by atoms with van der Waals surface area (Å²) in [6, 6.07) is 11.9. The molecule has 0 amide bonds. The fraction of sp³-hybridized carbons (Fsp3) is 0.312. The zero-order chi connectivity index (χ0) is 14.8. The molecule has 0 saturated heterocycles. The molecule has 2 rings (SSSR count). The largest absolute Gasteiger partial charge is 0.366 e. The van der Waals surface area contributed by atoms with Crippen LogP contribution in [0, 0.1) is 17.1 Å². The van der Waals surface area contributed by atoms with Gasteiger partial charge in [0, 0.05) is 15.4 Å². The number of anilines is 1. The summed E-state index contributed by atoms with van der Waals surface area (Å²) in [6.45, 7) is 6.45. The minimum absolute atomic E-state index is 0.0821. The second-order valence-corrected chi connectivity index (χ2v) is 6.78. The first-order chi connectivity index (χ1) is 9.40. The smallest absolute Gasteiger partial charge is 0.149 e. The van der Waals surface area contributed by atoms with Crippen LogP contribution in [0.1, 0.15) is 36.6 Å². The van der Waals surface area contributed by atoms with Gasteiger partial charge in [-0.25, -0.2) is 4.39 Å². The predicted molar refractivity (Wildman–Crippen MR) is 81.4 cm³/mol. The van der Waals surface area contributed by atoms with E-state index in [2.05, 4.69) is 38.2 Å². The van der Waals surface area contributed by atoms with E-state index in [1.165, 1.54) is 17.0 Å². The maximum absolute atomic E-state index is 12.9. The summed E-state index contributed by atoms with van der Waals surface area (Å²) in [5.41, 5.74) is 0.822. The average Bonchev–Trinajstić information content (AvgIpc) is 2.87. The predicted octanol–water partition coefficient (Wildman–Crippen LogP) is 4.86. The van der Waals surface area contributed by atoms with E-state index >= 15 is 0 Å². The third kappa shape index (κ3) is 3.37. The van der Waals surface area contributed by atoms with Gasteiger partial charge < -0.3 is 5.32 Å². The van der Waals surface area contributed by atoms with Crippen LogP contribution < -0.4 is 5.32 Å². The van der Waals surface area contributed by atoms with Gasteiger partial charge in [-0.2, -0.15) is 5.26 Å². The third-order valence-corrected chi connectivity index (χ3v) is 4.51. The van der Waals surface area contributed by atoms with E-state index in [-0.39, 0.29) is 11.2 Å². The third-order valence-electron chi connectivity index (χ3n) is 2.93. The summed E-state index contributed by atoms with van der Waals surface area (Å²) >= 11 is 1.64. The molecule has 1 atom stereocenters. The highest BCUT2D eigenvalue weighted by Gasteiger charge is 2.19. The summed E-state index contributed by atoms with van der Waals surface area (Å²) in [7, 11) is 0. The van der Waals surface area contributed by atoms with Crippen LogP contribution in [0.25, 0.3) is 0 Å². The average molecular weight is 288 g/mol. The van der Waals surface area contributed by atoms with Gasteiger partial charge in [0.05, 0.1) is 6.07 Å². The summed E-state index contributed by atoms with van der Waals surface area (Å²) in [4.78, 5) is 2.22. The van der Waals surface area contributed by atoms with Crippen LogP contribution >= 0.6 is 11.3 Å². The summed E-state index contributed by atoms with van der Waals surface area (Å²) in [5, 5.41) is 12.4. The normalized spacial score (nSPS) is 12.8. The molecule has 1 aromatic carbocycles. The first kappa shape index (κ1) is 14.5. The van der Waals surface area contributed by atoms with Gasteiger partial charge in [-0.3, -0.25) is 0 Å². The van der Waals surface area contributed by atoms with Crippen molar-refractivity contribution in [1.29, 1.82) is 5.26 Å². The SMILES string of the molecule is CC(C)(C)c1ccc(C(C#N)Nc2ccc(F)cc2)s1. The van der Waals surface area contributed by atoms with Crippen molar-refractivity contribution < 1.29 is 4.39 Å². The Bertz CT molecular complexity index is 617. The Morgan fingerprint density at radius 1 is 1.15 bits per heavy atom. The lowest BCUT2D eigenvalue weighted by Gasteiger charge is -2.16. The Labute approximate surface area is 122 Å². The second kappa shape index (κ2) is 5.64. The Morgan fingerprint density at radius 3 is 2.30 bits per heavy atom. The second-order valence-electron chi connectivity index (χ2n) is 5.67. The van der Waals surface area contributed by atoms with E-state index in [1.807, 2.05) is 6.07 Å². The molecule has 2 nitrogen and oxygen atoms in total. The van der Waals surface area contributed by atoms with E-state index in [4.69, 9.17) is 0 Å². The maximum atomic E-state index is 12.9. The summed E-state index contributed by atoms with van der Waals surface area (Å²) in [5.74, 6) is -0.282. The van der Waals surface area contributed by atoms with Crippen molar-refractivity contribution in [2.24, 2.45) is 0 Å². The van der Waals surface area contributed by atoms with Gasteiger partial charge in [-0.1, -0.05) is 20.8 Å². The number of nitrogens with zero attached hydrogens (tertiary/aromatic N) is 1. The first-order valence-corrected chi connectivity index (χ1v) is 7.24. The van der Waals surface area contributed by atoms with Gasteiger partial charge in [0.2, 0.25) is 0 Å². The number of nitrogens with one attached hydrogen (secondary N) is 1. The van der Waals surface area contributed by atoms with Crippen LogP contribution in [0.4, 0.5) is 10.1 Å². The molecule has 104 valence electrons. The Balaban J connectivity index is 2.19. The molecule has 0 saturated carbocycles. The molecule has 4 heteroatoms. The van der Waals surface area contributed by atoms with Crippen molar-refractivity contribution in [2.75, 3.05) is 5.32 Å². The molecular weight excluding hydrogens is 271 g/mol. The highest BCUT2D eigenvalue weighted by atomic mass is 32.1. The van der Waals surface area contributed by atoms with Gasteiger partial charge >= 0.3 is 0 Å². The van der Waals surface area contributed by atoms with Gasteiger partial charge in [0.15, 0.2) is 0 Å². The molecule has 0 aliphatic rings. The quantitative estimate of drug-likeness (QED) is 0.875. The maximum Gasteiger partial charge on any atom is 0.149 e. The van der Waals surface area contributed by atoms with Crippen LogP contribution in [0.15, 0.2) is 36.4 Å². The highest BCUT2D eigenvalue weighted by molar-refractivity contribution is 7.12. The van der Waals surface area contributed by atoms with Crippen LogP contribution in [0.3, 0.4) is 0 Å². The van der Waals surface area contributed by atoms with Crippen molar-refractivity contribution in [3.05, 3.63) is 52.0 Å². The minimum Gasteiger partial charge on any atom is -0.366 e. The van der Waals surface area contributed by atoms with Gasteiger partial charge in [0.25, 0.3) is 0 Å². The highest BCUT2D eigenvalue weighted by Crippen LogP contribution is 2.33. The molecule has 0 fully saturated rings. The Kier molecular flexibility index (Phi) is 4.10. The number of thiophene rings is 1. The Morgan fingerprint density at radius 2 is 1.80 bits per heavy atom. The number of hydrogen-bond donors (Lipinski definition) is 1. The lowest BCUT2D eigenvalue weighted by molar-refractivity contribution is 0.604. The fourth-order valence-corrected chi connectivity index (χ4v) is 2.85. The van der Waals surface area contributed by atoms with Crippen LogP contribution in [0.5, 0.6) is 0 Å². The number of rotatable bonds is 3. The molecule has 0 aliphatic heterocycles. The molecule has 1 N–H and O–H groups in total. The van der Waals surface area contributed by atoms with Crippen LogP contribution in [0.2, 0.25) is 0 Å². The van der Waals surface area contributed by atoms with Crippen molar-refractivity contribution in [2.45, 2.75) is 32.2 Å². The zero-order valence-corrected chi connectivity index (χ0v) is 12.6. The topological polar surface area (TPSA) is 35.8 Å². The number of hydrogen-bond acceptors (Lipinski definition) is 3. The number of benzene rings is 1. The molecule has 2 aromatic rings. The summed E-state index contributed by atoms with van der Waals surface area (Å²) < 4.78 is 12.9. The van der Waals surface area contributed by atoms with E-state index < -0.39 is 6.04 Å². The number of halogens is 1. The van der Waals surface area contributed by atoms with Gasteiger partial charge in [-0.05, 0) is 41.8 Å². The lowest BCUT2D eigenvalue weighted by Crippen LogP contribution is -2.08. The van der Waals surface area contributed by atoms with Crippen LogP contribution in [-0.2, 0) is 5.41 Å². The first-order valence-electron chi connectivity index (χ1n) is 6.42. The van der Waals surface area contributed by atoms with E-state index in [0.717, 1.165) is 10.6 Å². The van der Waals surface area contributed by atoms with Crippen molar-refractivity contribution in [3.8, 4) is 6.07 Å². The molecule has 0 spiro atoms. The fourth-order valence-electron chi connectivity index (χ4n) is 1.79. The van der Waals surface area contributed by atoms with E-state index in [1.54, 1.807) is 23.5 Å². The van der Waals surface area contributed by atoms with Crippen molar-refractivity contribution in [1.82, 2.24) is 0 Å². The molecule has 0 radical (unpaired) electrons. The summed E-state index contributed by atoms with van der Waals surface area (Å²) in [6.07, 6.45) is 0. The van der Waals surface area contributed by atoms with Crippen molar-refractivity contribution in [3.63, 3.8) is 0 Å². The monoisotopic (exact) mass is 288 g/mol. The molecule has 1 aromatic heterocycles. The van der Waals surface area contributed by atoms with E-state index in [0.29, 0.717) is 0 Å². The molecule has 1 unspecified atom stereocenters. The van der Waals surface area contributed by atoms with Crippen molar-refractivity contribution >= 4 is 17.0 Å². The molecular formula is C16H17FN2S.